The number of halogens is 2. The zero-order valence-corrected chi connectivity index (χ0v) is 18.3. The van der Waals surface area contributed by atoms with Crippen molar-refractivity contribution in [3.8, 4) is 11.3 Å². The van der Waals surface area contributed by atoms with Crippen LogP contribution in [0, 0.1) is 26.6 Å². The summed E-state index contributed by atoms with van der Waals surface area (Å²) in [6, 6.07) is 13.6. The van der Waals surface area contributed by atoms with Crippen LogP contribution in [0.3, 0.4) is 0 Å². The van der Waals surface area contributed by atoms with E-state index in [9.17, 15) is 9.18 Å². The summed E-state index contributed by atoms with van der Waals surface area (Å²) in [5.41, 5.74) is 6.33. The van der Waals surface area contributed by atoms with E-state index in [1.807, 2.05) is 45.0 Å². The van der Waals surface area contributed by atoms with E-state index in [4.69, 9.17) is 11.6 Å². The van der Waals surface area contributed by atoms with Gasteiger partial charge in [0.05, 0.1) is 5.69 Å². The molecule has 4 rings (SSSR count). The number of aromatic nitrogens is 3. The molecular formula is C24H22ClFN4O. The minimum Gasteiger partial charge on any atom is -0.326 e. The number of nitrogens with zero attached hydrogens (tertiary/aromatic N) is 3. The van der Waals surface area contributed by atoms with Crippen molar-refractivity contribution in [2.45, 2.75) is 33.6 Å². The van der Waals surface area contributed by atoms with Gasteiger partial charge in [-0.3, -0.25) is 4.79 Å². The topological polar surface area (TPSA) is 59.3 Å². The van der Waals surface area contributed by atoms with Crippen LogP contribution in [0.25, 0.3) is 16.9 Å². The van der Waals surface area contributed by atoms with E-state index in [2.05, 4.69) is 15.4 Å². The Morgan fingerprint density at radius 1 is 1.13 bits per heavy atom. The Morgan fingerprint density at radius 3 is 2.68 bits per heavy atom. The lowest BCUT2D eigenvalue weighted by molar-refractivity contribution is -0.116. The van der Waals surface area contributed by atoms with Crippen LogP contribution >= 0.6 is 11.6 Å². The number of carbonyl (C=O) groups is 1. The van der Waals surface area contributed by atoms with Crippen LogP contribution in [0.5, 0.6) is 0 Å². The first kappa shape index (κ1) is 21.0. The molecule has 0 aliphatic rings. The molecule has 7 heteroatoms. The van der Waals surface area contributed by atoms with Crippen molar-refractivity contribution < 1.29 is 9.18 Å². The molecule has 0 bridgehead atoms. The zero-order valence-electron chi connectivity index (χ0n) is 17.5. The molecule has 5 nitrogen and oxygen atoms in total. The second-order valence-corrected chi connectivity index (χ2v) is 7.94. The first-order chi connectivity index (χ1) is 14.8. The SMILES string of the molecule is Cc1nc2cc(-c3cccc(F)c3)nn2c(C)c1CCC(=O)Nc1cccc(Cl)c1C. The molecule has 158 valence electrons. The van der Waals surface area contributed by atoms with Crippen molar-refractivity contribution in [2.24, 2.45) is 0 Å². The third-order valence-corrected chi connectivity index (χ3v) is 5.84. The van der Waals surface area contributed by atoms with Gasteiger partial charge < -0.3 is 5.32 Å². The van der Waals surface area contributed by atoms with Crippen LogP contribution in [0.15, 0.2) is 48.5 Å². The maximum absolute atomic E-state index is 13.6. The average molecular weight is 437 g/mol. The minimum absolute atomic E-state index is 0.0924. The normalized spacial score (nSPS) is 11.1. The number of rotatable bonds is 5. The van der Waals surface area contributed by atoms with Gasteiger partial charge in [0, 0.05) is 40.1 Å². The molecule has 2 heterocycles. The highest BCUT2D eigenvalue weighted by atomic mass is 35.5. The van der Waals surface area contributed by atoms with Gasteiger partial charge in [0.25, 0.3) is 0 Å². The Bertz CT molecular complexity index is 1300. The van der Waals surface area contributed by atoms with Crippen LogP contribution in [0.1, 0.15) is 28.9 Å². The maximum Gasteiger partial charge on any atom is 0.224 e. The van der Waals surface area contributed by atoms with Crippen LogP contribution in [0.2, 0.25) is 5.02 Å². The maximum atomic E-state index is 13.6. The lowest BCUT2D eigenvalue weighted by atomic mass is 10.1. The van der Waals surface area contributed by atoms with Gasteiger partial charge in [-0.25, -0.2) is 13.9 Å². The van der Waals surface area contributed by atoms with Crippen molar-refractivity contribution in [1.82, 2.24) is 14.6 Å². The predicted octanol–water partition coefficient (Wildman–Crippen LogP) is 5.69. The molecule has 0 radical (unpaired) electrons. The summed E-state index contributed by atoms with van der Waals surface area (Å²) in [5.74, 6) is -0.401. The van der Waals surface area contributed by atoms with E-state index in [0.717, 1.165) is 22.5 Å². The molecule has 0 atom stereocenters. The van der Waals surface area contributed by atoms with Crippen molar-refractivity contribution >= 4 is 28.8 Å². The molecule has 1 amide bonds. The molecule has 0 fully saturated rings. The van der Waals surface area contributed by atoms with Crippen LogP contribution in [-0.2, 0) is 11.2 Å². The number of fused-ring (bicyclic) bond motifs is 1. The Labute approximate surface area is 184 Å². The summed E-state index contributed by atoms with van der Waals surface area (Å²) >= 11 is 6.13. The number of hydrogen-bond donors (Lipinski definition) is 1. The number of hydrogen-bond acceptors (Lipinski definition) is 3. The molecule has 31 heavy (non-hydrogen) atoms. The summed E-state index contributed by atoms with van der Waals surface area (Å²) in [6.45, 7) is 5.76. The van der Waals surface area contributed by atoms with Gasteiger partial charge in [-0.2, -0.15) is 5.10 Å². The quantitative estimate of drug-likeness (QED) is 0.437. The summed E-state index contributed by atoms with van der Waals surface area (Å²) < 4.78 is 15.4. The van der Waals surface area contributed by atoms with E-state index in [1.54, 1.807) is 16.6 Å². The van der Waals surface area contributed by atoms with Gasteiger partial charge in [-0.05, 0) is 62.6 Å². The number of anilines is 1. The van der Waals surface area contributed by atoms with Gasteiger partial charge in [0.1, 0.15) is 5.82 Å². The molecule has 1 N–H and O–H groups in total. The first-order valence-electron chi connectivity index (χ1n) is 10.00. The Morgan fingerprint density at radius 2 is 1.90 bits per heavy atom. The van der Waals surface area contributed by atoms with Gasteiger partial charge in [-0.1, -0.05) is 29.8 Å². The molecule has 0 saturated carbocycles. The second kappa shape index (κ2) is 8.47. The molecule has 0 unspecified atom stereocenters. The van der Waals surface area contributed by atoms with E-state index in [0.29, 0.717) is 40.5 Å². The fourth-order valence-electron chi connectivity index (χ4n) is 3.67. The van der Waals surface area contributed by atoms with Gasteiger partial charge in [0.15, 0.2) is 5.65 Å². The van der Waals surface area contributed by atoms with Gasteiger partial charge in [-0.15, -0.1) is 0 Å². The molecule has 0 aliphatic heterocycles. The Kier molecular flexibility index (Phi) is 5.74. The van der Waals surface area contributed by atoms with E-state index >= 15 is 0 Å². The predicted molar refractivity (Wildman–Crippen MR) is 121 cm³/mol. The smallest absolute Gasteiger partial charge is 0.224 e. The van der Waals surface area contributed by atoms with Crippen molar-refractivity contribution in [3.63, 3.8) is 0 Å². The van der Waals surface area contributed by atoms with Crippen LogP contribution in [0.4, 0.5) is 10.1 Å². The van der Waals surface area contributed by atoms with Gasteiger partial charge in [0.2, 0.25) is 5.91 Å². The number of aryl methyl sites for hydroxylation is 2. The largest absolute Gasteiger partial charge is 0.326 e. The minimum atomic E-state index is -0.308. The van der Waals surface area contributed by atoms with Crippen molar-refractivity contribution in [3.05, 3.63) is 81.9 Å². The summed E-state index contributed by atoms with van der Waals surface area (Å²) in [4.78, 5) is 17.2. The highest BCUT2D eigenvalue weighted by molar-refractivity contribution is 6.31. The standard InChI is InChI=1S/C24H22ClFN4O/c1-14-20(25)8-5-9-21(14)28-24(31)11-10-19-15(2)27-23-13-22(29-30(23)16(19)3)17-6-4-7-18(26)12-17/h4-9,12-13H,10-11H2,1-3H3,(H,28,31). The zero-order chi connectivity index (χ0) is 22.1. The summed E-state index contributed by atoms with van der Waals surface area (Å²) in [6.07, 6.45) is 0.833. The molecule has 4 aromatic rings. The molecule has 0 saturated heterocycles. The third-order valence-electron chi connectivity index (χ3n) is 5.43. The number of carbonyl (C=O) groups excluding carboxylic acids is 1. The Balaban J connectivity index is 1.56. The monoisotopic (exact) mass is 436 g/mol. The second-order valence-electron chi connectivity index (χ2n) is 7.53. The summed E-state index contributed by atoms with van der Waals surface area (Å²) in [7, 11) is 0. The molecule has 2 aromatic carbocycles. The average Bonchev–Trinajstić information content (AvgIpc) is 3.15. The highest BCUT2D eigenvalue weighted by Crippen LogP contribution is 2.25. The van der Waals surface area contributed by atoms with E-state index < -0.39 is 0 Å². The molecule has 0 aliphatic carbocycles. The van der Waals surface area contributed by atoms with E-state index in [-0.39, 0.29) is 11.7 Å². The fourth-order valence-corrected chi connectivity index (χ4v) is 3.85. The van der Waals surface area contributed by atoms with Gasteiger partial charge >= 0.3 is 0 Å². The lowest BCUT2D eigenvalue weighted by Gasteiger charge is -2.12. The number of nitrogens with one attached hydrogen (secondary N) is 1. The van der Waals surface area contributed by atoms with Crippen molar-refractivity contribution in [2.75, 3.05) is 5.32 Å². The number of benzene rings is 2. The fraction of sp³-hybridized carbons (Fsp3) is 0.208. The van der Waals surface area contributed by atoms with Crippen LogP contribution < -0.4 is 5.32 Å². The van der Waals surface area contributed by atoms with Crippen molar-refractivity contribution in [1.29, 1.82) is 0 Å². The number of amides is 1. The molecule has 2 aromatic heterocycles. The first-order valence-corrected chi connectivity index (χ1v) is 10.4. The highest BCUT2D eigenvalue weighted by Gasteiger charge is 2.15. The molecule has 0 spiro atoms. The third kappa shape index (κ3) is 4.30. The lowest BCUT2D eigenvalue weighted by Crippen LogP contribution is -2.15. The van der Waals surface area contributed by atoms with Crippen LogP contribution in [-0.4, -0.2) is 20.5 Å². The molecular weight excluding hydrogens is 415 g/mol. The van der Waals surface area contributed by atoms with E-state index in [1.165, 1.54) is 12.1 Å². The summed E-state index contributed by atoms with van der Waals surface area (Å²) in [5, 5.41) is 8.16. The Hall–Kier alpha value is -3.25.